The normalized spacial score (nSPS) is 11.7. The van der Waals surface area contributed by atoms with Crippen LogP contribution < -0.4 is 5.73 Å². The zero-order valence-corrected chi connectivity index (χ0v) is 7.35. The van der Waals surface area contributed by atoms with Crippen molar-refractivity contribution in [2.24, 2.45) is 10.8 Å². The molecule has 0 bridgehead atoms. The van der Waals surface area contributed by atoms with Gasteiger partial charge >= 0.3 is 5.97 Å². The predicted molar refractivity (Wildman–Crippen MR) is 46.4 cm³/mol. The molecule has 0 atom stereocenters. The van der Waals surface area contributed by atoms with Gasteiger partial charge in [-0.25, -0.2) is 4.79 Å². The van der Waals surface area contributed by atoms with Crippen molar-refractivity contribution < 1.29 is 9.90 Å². The van der Waals surface area contributed by atoms with Crippen LogP contribution in [0, 0.1) is 13.8 Å². The summed E-state index contributed by atoms with van der Waals surface area (Å²) in [6.45, 7) is 3.55. The average molecular weight is 182 g/mol. The lowest BCUT2D eigenvalue weighted by Gasteiger charge is -1.95. The Morgan fingerprint density at radius 3 is 2.69 bits per heavy atom. The molecule has 1 aromatic rings. The largest absolute Gasteiger partial charge is 0.475 e. The number of hydrogen-bond acceptors (Lipinski definition) is 3. The topological polar surface area (TPSA) is 93.5 Å². The fraction of sp³-hybridized carbons (Fsp3) is 0.286. The Morgan fingerprint density at radius 1 is 1.69 bits per heavy atom. The third-order valence-electron chi connectivity index (χ3n) is 1.41. The van der Waals surface area contributed by atoms with Crippen molar-refractivity contribution in [1.82, 2.24) is 9.89 Å². The summed E-state index contributed by atoms with van der Waals surface area (Å²) in [5, 5.41) is 15.9. The van der Waals surface area contributed by atoms with E-state index >= 15 is 0 Å². The highest BCUT2D eigenvalue weighted by molar-refractivity contribution is 6.33. The van der Waals surface area contributed by atoms with Gasteiger partial charge < -0.3 is 10.8 Å². The maximum atomic E-state index is 10.3. The number of hydrogen-bond donors (Lipinski definition) is 2. The van der Waals surface area contributed by atoms with Crippen LogP contribution in [0.4, 0.5) is 0 Å². The van der Waals surface area contributed by atoms with Gasteiger partial charge in [-0.15, -0.1) is 5.10 Å². The first-order valence-corrected chi connectivity index (χ1v) is 3.61. The minimum absolute atomic E-state index is 0.480. The van der Waals surface area contributed by atoms with Crippen molar-refractivity contribution in [1.29, 1.82) is 0 Å². The molecule has 1 heterocycles. The van der Waals surface area contributed by atoms with Gasteiger partial charge in [0.15, 0.2) is 0 Å². The van der Waals surface area contributed by atoms with Gasteiger partial charge in [0.25, 0.3) is 0 Å². The Hall–Kier alpha value is -1.85. The molecule has 6 nitrogen and oxygen atoms in total. The first kappa shape index (κ1) is 9.24. The second-order valence-corrected chi connectivity index (χ2v) is 2.61. The zero-order valence-electron chi connectivity index (χ0n) is 7.35. The molecule has 0 radical (unpaired) electrons. The first-order valence-electron chi connectivity index (χ1n) is 3.61. The van der Waals surface area contributed by atoms with Gasteiger partial charge in [-0.2, -0.15) is 9.89 Å². The van der Waals surface area contributed by atoms with E-state index in [-0.39, 0.29) is 0 Å². The van der Waals surface area contributed by atoms with Crippen molar-refractivity contribution >= 4 is 11.8 Å². The molecule has 1 aromatic heterocycles. The van der Waals surface area contributed by atoms with Crippen LogP contribution in [-0.4, -0.2) is 26.8 Å². The molecule has 0 unspecified atom stereocenters. The zero-order chi connectivity index (χ0) is 10.0. The number of aryl methyl sites for hydroxylation is 2. The lowest BCUT2D eigenvalue weighted by atomic mass is 10.4. The molecule has 0 saturated carbocycles. The summed E-state index contributed by atoms with van der Waals surface area (Å²) in [7, 11) is 0. The van der Waals surface area contributed by atoms with Crippen LogP contribution in [0.5, 0.6) is 0 Å². The number of carboxylic acids is 1. The Kier molecular flexibility index (Phi) is 2.32. The summed E-state index contributed by atoms with van der Waals surface area (Å²) < 4.78 is 0. The highest BCUT2D eigenvalue weighted by atomic mass is 16.4. The highest BCUT2D eigenvalue weighted by Gasteiger charge is 2.05. The molecule has 13 heavy (non-hydrogen) atoms. The van der Waals surface area contributed by atoms with E-state index in [0.29, 0.717) is 0 Å². The van der Waals surface area contributed by atoms with Crippen molar-refractivity contribution in [2.45, 2.75) is 13.8 Å². The number of aliphatic carboxylic acids is 1. The molecule has 0 amide bonds. The number of nitrogens with zero attached hydrogens (tertiary/aromatic N) is 3. The SMILES string of the molecule is Cc1cc(C)n(/N=C(\N)C(=O)O)n1. The number of amidine groups is 1. The van der Waals surface area contributed by atoms with Gasteiger partial charge in [0.05, 0.1) is 11.4 Å². The molecule has 0 saturated heterocycles. The molecular weight excluding hydrogens is 172 g/mol. The third kappa shape index (κ3) is 2.05. The van der Waals surface area contributed by atoms with E-state index in [2.05, 4.69) is 10.2 Å². The van der Waals surface area contributed by atoms with Crippen LogP contribution in [0.15, 0.2) is 11.2 Å². The van der Waals surface area contributed by atoms with Crippen molar-refractivity contribution in [3.05, 3.63) is 17.5 Å². The molecule has 70 valence electrons. The van der Waals surface area contributed by atoms with Crippen molar-refractivity contribution in [3.8, 4) is 0 Å². The summed E-state index contributed by atoms with van der Waals surface area (Å²) in [6.07, 6.45) is 0. The average Bonchev–Trinajstić information content (AvgIpc) is 2.30. The summed E-state index contributed by atoms with van der Waals surface area (Å²) >= 11 is 0. The standard InChI is InChI=1S/C7H10N4O2/c1-4-3-5(2)11(9-4)10-6(8)7(12)13/h3H,1-2H3,(H2,8,10)(H,12,13). The molecule has 1 rings (SSSR count). The summed E-state index contributed by atoms with van der Waals surface area (Å²) in [5.74, 6) is -1.74. The molecule has 0 aliphatic carbocycles. The van der Waals surface area contributed by atoms with Crippen LogP contribution in [-0.2, 0) is 4.79 Å². The quantitative estimate of drug-likeness (QED) is 0.460. The van der Waals surface area contributed by atoms with Gasteiger partial charge in [0.1, 0.15) is 0 Å². The minimum atomic E-state index is -1.26. The van der Waals surface area contributed by atoms with Gasteiger partial charge in [0, 0.05) is 0 Å². The van der Waals surface area contributed by atoms with Gasteiger partial charge in [-0.3, -0.25) is 0 Å². The Labute approximate surface area is 74.7 Å². The predicted octanol–water partition coefficient (Wildman–Crippen LogP) is -0.295. The van der Waals surface area contributed by atoms with E-state index in [1.807, 2.05) is 0 Å². The van der Waals surface area contributed by atoms with Gasteiger partial charge in [-0.1, -0.05) is 0 Å². The van der Waals surface area contributed by atoms with Crippen molar-refractivity contribution in [3.63, 3.8) is 0 Å². The van der Waals surface area contributed by atoms with E-state index in [9.17, 15) is 4.79 Å². The molecule has 0 aliphatic rings. The van der Waals surface area contributed by atoms with Crippen LogP contribution >= 0.6 is 0 Å². The number of carbonyl (C=O) groups is 1. The van der Waals surface area contributed by atoms with E-state index in [1.54, 1.807) is 19.9 Å². The summed E-state index contributed by atoms with van der Waals surface area (Å²) in [5.41, 5.74) is 6.62. The molecule has 3 N–H and O–H groups in total. The lowest BCUT2D eigenvalue weighted by molar-refractivity contribution is -0.129. The van der Waals surface area contributed by atoms with E-state index < -0.39 is 11.8 Å². The third-order valence-corrected chi connectivity index (χ3v) is 1.41. The molecule has 0 fully saturated rings. The van der Waals surface area contributed by atoms with E-state index in [1.165, 1.54) is 4.79 Å². The number of carboxylic acid groups (broad SMARTS) is 1. The molecular formula is C7H10N4O2. The number of rotatable bonds is 1. The van der Waals surface area contributed by atoms with Crippen LogP contribution in [0.25, 0.3) is 0 Å². The summed E-state index contributed by atoms with van der Waals surface area (Å²) in [4.78, 5) is 11.5. The molecule has 0 aromatic carbocycles. The molecule has 6 heteroatoms. The first-order chi connectivity index (χ1) is 6.00. The molecule has 0 spiro atoms. The smallest absolute Gasteiger partial charge is 0.373 e. The fourth-order valence-corrected chi connectivity index (χ4v) is 0.863. The Morgan fingerprint density at radius 2 is 2.31 bits per heavy atom. The minimum Gasteiger partial charge on any atom is -0.475 e. The Bertz CT molecular complexity index is 367. The van der Waals surface area contributed by atoms with Gasteiger partial charge in [-0.05, 0) is 19.9 Å². The second kappa shape index (κ2) is 3.26. The maximum absolute atomic E-state index is 10.3. The highest BCUT2D eigenvalue weighted by Crippen LogP contribution is 2.00. The fourth-order valence-electron chi connectivity index (χ4n) is 0.863. The molecule has 0 aliphatic heterocycles. The van der Waals surface area contributed by atoms with Crippen LogP contribution in [0.1, 0.15) is 11.4 Å². The second-order valence-electron chi connectivity index (χ2n) is 2.61. The maximum Gasteiger partial charge on any atom is 0.373 e. The Balaban J connectivity index is 3.03. The van der Waals surface area contributed by atoms with E-state index in [4.69, 9.17) is 10.8 Å². The summed E-state index contributed by atoms with van der Waals surface area (Å²) in [6, 6.07) is 1.78. The van der Waals surface area contributed by atoms with Crippen molar-refractivity contribution in [2.75, 3.05) is 0 Å². The number of aromatic nitrogens is 2. The number of nitrogens with two attached hydrogens (primary N) is 1. The monoisotopic (exact) mass is 182 g/mol. The van der Waals surface area contributed by atoms with E-state index in [0.717, 1.165) is 11.4 Å². The lowest BCUT2D eigenvalue weighted by Crippen LogP contribution is -2.24. The van der Waals surface area contributed by atoms with Crippen LogP contribution in [0.2, 0.25) is 0 Å². The van der Waals surface area contributed by atoms with Crippen LogP contribution in [0.3, 0.4) is 0 Å². The van der Waals surface area contributed by atoms with Gasteiger partial charge in [0.2, 0.25) is 5.84 Å².